The van der Waals surface area contributed by atoms with E-state index in [0.29, 0.717) is 22.1 Å². The minimum absolute atomic E-state index is 0.0187. The van der Waals surface area contributed by atoms with E-state index in [-0.39, 0.29) is 5.43 Å². The monoisotopic (exact) mass is 249 g/mol. The molecule has 4 heteroatoms. The van der Waals surface area contributed by atoms with Crippen LogP contribution in [-0.2, 0) is 0 Å². The van der Waals surface area contributed by atoms with Crippen LogP contribution in [-0.4, -0.2) is 12.1 Å². The lowest BCUT2D eigenvalue weighted by molar-refractivity contribution is 0.415. The average molecular weight is 250 g/mol. The van der Waals surface area contributed by atoms with E-state index in [9.17, 15) is 4.79 Å². The number of methoxy groups -OCH3 is 1. The van der Waals surface area contributed by atoms with Gasteiger partial charge in [0.2, 0.25) is 0 Å². The summed E-state index contributed by atoms with van der Waals surface area (Å²) in [6.45, 7) is 0. The Bertz CT molecular complexity index is 644. The van der Waals surface area contributed by atoms with E-state index < -0.39 is 0 Å². The van der Waals surface area contributed by atoms with E-state index in [1.807, 2.05) is 0 Å². The van der Waals surface area contributed by atoms with Crippen LogP contribution in [0.2, 0.25) is 5.02 Å². The largest absolute Gasteiger partial charge is 0.495 e. The van der Waals surface area contributed by atoms with Crippen LogP contribution in [0, 0.1) is 0 Å². The van der Waals surface area contributed by atoms with Crippen LogP contribution in [0.15, 0.2) is 23.0 Å². The van der Waals surface area contributed by atoms with E-state index in [1.165, 1.54) is 0 Å². The molecule has 0 amide bonds. The number of ether oxygens (including phenoxy) is 1. The first kappa shape index (κ1) is 10.7. The first-order valence-electron chi connectivity index (χ1n) is 5.59. The van der Waals surface area contributed by atoms with Crippen molar-refractivity contribution in [1.82, 2.24) is 4.98 Å². The van der Waals surface area contributed by atoms with Crippen molar-refractivity contribution in [2.24, 2.45) is 0 Å². The number of H-pyrrole nitrogens is 1. The lowest BCUT2D eigenvalue weighted by Crippen LogP contribution is -2.04. The Morgan fingerprint density at radius 2 is 2.12 bits per heavy atom. The highest BCUT2D eigenvalue weighted by Gasteiger charge is 2.25. The molecule has 0 atom stereocenters. The Kier molecular flexibility index (Phi) is 2.37. The van der Waals surface area contributed by atoms with Gasteiger partial charge in [-0.3, -0.25) is 4.79 Å². The molecular formula is C13H12ClNO2. The summed E-state index contributed by atoms with van der Waals surface area (Å²) < 4.78 is 5.15. The molecule has 0 spiro atoms. The third-order valence-corrected chi connectivity index (χ3v) is 3.44. The van der Waals surface area contributed by atoms with Crippen molar-refractivity contribution in [2.45, 2.75) is 18.8 Å². The van der Waals surface area contributed by atoms with E-state index in [2.05, 4.69) is 4.98 Å². The normalized spacial score (nSPS) is 15.2. The summed E-state index contributed by atoms with van der Waals surface area (Å²) >= 11 is 6.01. The van der Waals surface area contributed by atoms with Crippen LogP contribution in [0.5, 0.6) is 5.75 Å². The van der Waals surface area contributed by atoms with Crippen molar-refractivity contribution >= 4 is 22.5 Å². The molecule has 3 nitrogen and oxygen atoms in total. The van der Waals surface area contributed by atoms with Crippen molar-refractivity contribution in [3.63, 3.8) is 0 Å². The highest BCUT2D eigenvalue weighted by Crippen LogP contribution is 2.39. The summed E-state index contributed by atoms with van der Waals surface area (Å²) in [4.78, 5) is 15.3. The zero-order valence-corrected chi connectivity index (χ0v) is 10.2. The van der Waals surface area contributed by atoms with Gasteiger partial charge in [0.05, 0.1) is 17.6 Å². The van der Waals surface area contributed by atoms with Gasteiger partial charge >= 0.3 is 0 Å². The quantitative estimate of drug-likeness (QED) is 0.889. The van der Waals surface area contributed by atoms with Crippen LogP contribution >= 0.6 is 11.6 Å². The molecule has 1 aromatic heterocycles. The van der Waals surface area contributed by atoms with E-state index in [4.69, 9.17) is 16.3 Å². The Labute approximate surface area is 103 Å². The summed E-state index contributed by atoms with van der Waals surface area (Å²) in [6, 6.07) is 5.12. The first-order chi connectivity index (χ1) is 8.19. The van der Waals surface area contributed by atoms with Gasteiger partial charge in [0.1, 0.15) is 5.75 Å². The molecule has 1 N–H and O–H groups in total. The Balaban J connectivity index is 2.28. The van der Waals surface area contributed by atoms with Gasteiger partial charge in [-0.2, -0.15) is 0 Å². The second kappa shape index (κ2) is 3.77. The van der Waals surface area contributed by atoms with Crippen molar-refractivity contribution in [1.29, 1.82) is 0 Å². The van der Waals surface area contributed by atoms with Gasteiger partial charge in [-0.1, -0.05) is 11.6 Å². The standard InChI is InChI=1S/C13H12ClNO2/c1-17-13-6-11-8(4-9(13)14)12(16)5-10(15-11)7-2-3-7/h4-7H,2-3H2,1H3,(H,15,16). The van der Waals surface area contributed by atoms with Gasteiger partial charge in [-0.15, -0.1) is 0 Å². The number of nitrogens with one attached hydrogen (secondary N) is 1. The minimum atomic E-state index is 0.0187. The number of rotatable bonds is 2. The second-order valence-electron chi connectivity index (χ2n) is 4.40. The fraction of sp³-hybridized carbons (Fsp3) is 0.308. The maximum Gasteiger partial charge on any atom is 0.189 e. The number of hydrogen-bond donors (Lipinski definition) is 1. The Morgan fingerprint density at radius 3 is 2.76 bits per heavy atom. The van der Waals surface area contributed by atoms with Gasteiger partial charge in [-0.25, -0.2) is 0 Å². The molecule has 0 radical (unpaired) electrons. The molecule has 88 valence electrons. The fourth-order valence-electron chi connectivity index (χ4n) is 2.04. The first-order valence-corrected chi connectivity index (χ1v) is 5.97. The topological polar surface area (TPSA) is 42.1 Å². The maximum absolute atomic E-state index is 12.0. The molecule has 1 aromatic carbocycles. The summed E-state index contributed by atoms with van der Waals surface area (Å²) in [5.41, 5.74) is 1.83. The average Bonchev–Trinajstić information content (AvgIpc) is 3.13. The maximum atomic E-state index is 12.0. The van der Waals surface area contributed by atoms with E-state index in [0.717, 1.165) is 24.1 Å². The van der Waals surface area contributed by atoms with Gasteiger partial charge in [-0.05, 0) is 24.8 Å². The molecule has 1 saturated carbocycles. The molecule has 1 heterocycles. The van der Waals surface area contributed by atoms with E-state index >= 15 is 0 Å². The number of aromatic nitrogens is 1. The van der Waals surface area contributed by atoms with Gasteiger partial charge in [0.25, 0.3) is 0 Å². The van der Waals surface area contributed by atoms with E-state index in [1.54, 1.807) is 25.3 Å². The lowest BCUT2D eigenvalue weighted by Gasteiger charge is -2.07. The van der Waals surface area contributed by atoms with Crippen molar-refractivity contribution in [3.8, 4) is 5.75 Å². The molecule has 1 aliphatic carbocycles. The molecule has 1 aliphatic rings. The lowest BCUT2D eigenvalue weighted by atomic mass is 10.1. The summed E-state index contributed by atoms with van der Waals surface area (Å²) in [7, 11) is 1.57. The molecule has 0 bridgehead atoms. The minimum Gasteiger partial charge on any atom is -0.495 e. The summed E-state index contributed by atoms with van der Waals surface area (Å²) in [6.07, 6.45) is 2.32. The van der Waals surface area contributed by atoms with Gasteiger partial charge < -0.3 is 9.72 Å². The molecule has 2 aromatic rings. The predicted molar refractivity (Wildman–Crippen MR) is 68.1 cm³/mol. The number of halogens is 1. The van der Waals surface area contributed by atoms with Crippen molar-refractivity contribution in [3.05, 3.63) is 39.1 Å². The third kappa shape index (κ3) is 1.80. The zero-order valence-electron chi connectivity index (χ0n) is 9.42. The van der Waals surface area contributed by atoms with Crippen LogP contribution < -0.4 is 10.2 Å². The highest BCUT2D eigenvalue weighted by molar-refractivity contribution is 6.32. The molecule has 0 saturated heterocycles. The third-order valence-electron chi connectivity index (χ3n) is 3.14. The highest BCUT2D eigenvalue weighted by atomic mass is 35.5. The van der Waals surface area contributed by atoms with Crippen LogP contribution in [0.3, 0.4) is 0 Å². The van der Waals surface area contributed by atoms with Crippen molar-refractivity contribution < 1.29 is 4.74 Å². The molecule has 3 rings (SSSR count). The number of hydrogen-bond acceptors (Lipinski definition) is 2. The predicted octanol–water partition coefficient (Wildman–Crippen LogP) is 3.07. The van der Waals surface area contributed by atoms with Crippen molar-refractivity contribution in [2.75, 3.05) is 7.11 Å². The molecule has 17 heavy (non-hydrogen) atoms. The van der Waals surface area contributed by atoms with Crippen LogP contribution in [0.1, 0.15) is 24.5 Å². The fourth-order valence-corrected chi connectivity index (χ4v) is 2.28. The molecule has 0 unspecified atom stereocenters. The zero-order chi connectivity index (χ0) is 12.0. The number of benzene rings is 1. The Morgan fingerprint density at radius 1 is 1.35 bits per heavy atom. The SMILES string of the molecule is COc1cc2[nH]c(C3CC3)cc(=O)c2cc1Cl. The summed E-state index contributed by atoms with van der Waals surface area (Å²) in [5.74, 6) is 1.11. The number of fused-ring (bicyclic) bond motifs is 1. The molecular weight excluding hydrogens is 238 g/mol. The number of pyridine rings is 1. The van der Waals surface area contributed by atoms with Gasteiger partial charge in [0.15, 0.2) is 5.43 Å². The van der Waals surface area contributed by atoms with Gasteiger partial charge in [0, 0.05) is 23.2 Å². The Hall–Kier alpha value is -1.48. The molecule has 1 fully saturated rings. The summed E-state index contributed by atoms with van der Waals surface area (Å²) in [5, 5.41) is 1.07. The van der Waals surface area contributed by atoms with Crippen LogP contribution in [0.4, 0.5) is 0 Å². The second-order valence-corrected chi connectivity index (χ2v) is 4.80. The smallest absolute Gasteiger partial charge is 0.189 e. The molecule has 0 aliphatic heterocycles. The number of aromatic amines is 1. The van der Waals surface area contributed by atoms with Crippen LogP contribution in [0.25, 0.3) is 10.9 Å².